The van der Waals surface area contributed by atoms with Gasteiger partial charge in [-0.3, -0.25) is 4.79 Å². The highest BCUT2D eigenvalue weighted by Crippen LogP contribution is 2.25. The highest BCUT2D eigenvalue weighted by molar-refractivity contribution is 7.17. The number of hydrogen-bond donors (Lipinski definition) is 2. The number of nitrogens with one attached hydrogen (secondary N) is 2. The Balaban J connectivity index is 0.00000147. The van der Waals surface area contributed by atoms with Crippen LogP contribution in [0.3, 0.4) is 0 Å². The van der Waals surface area contributed by atoms with Crippen LogP contribution < -0.4 is 10.6 Å². The predicted octanol–water partition coefficient (Wildman–Crippen LogP) is 2.79. The van der Waals surface area contributed by atoms with Gasteiger partial charge in [-0.25, -0.2) is 0 Å². The zero-order valence-electron chi connectivity index (χ0n) is 11.4. The van der Waals surface area contributed by atoms with Gasteiger partial charge in [-0.1, -0.05) is 25.1 Å². The summed E-state index contributed by atoms with van der Waals surface area (Å²) in [6.45, 7) is 4.59. The highest BCUT2D eigenvalue weighted by atomic mass is 35.5. The Hall–Kier alpha value is -1.10. The first-order chi connectivity index (χ1) is 9.25. The van der Waals surface area contributed by atoms with E-state index in [0.29, 0.717) is 12.5 Å². The smallest absolute Gasteiger partial charge is 0.223 e. The third-order valence-corrected chi connectivity index (χ3v) is 4.96. The predicted molar refractivity (Wildman–Crippen MR) is 86.4 cm³/mol. The normalized spacial score (nSPS) is 16.2. The van der Waals surface area contributed by atoms with Gasteiger partial charge in [-0.05, 0) is 41.4 Å². The second-order valence-corrected chi connectivity index (χ2v) is 6.09. The van der Waals surface area contributed by atoms with Gasteiger partial charge in [0, 0.05) is 17.2 Å². The van der Waals surface area contributed by atoms with Crippen molar-refractivity contribution in [3.8, 4) is 0 Å². The lowest BCUT2D eigenvalue weighted by Crippen LogP contribution is -2.49. The van der Waals surface area contributed by atoms with E-state index < -0.39 is 0 Å². The fraction of sp³-hybridized carbons (Fsp3) is 0.400. The van der Waals surface area contributed by atoms with E-state index in [0.717, 1.165) is 13.1 Å². The average molecular weight is 311 g/mol. The minimum atomic E-state index is 0. The molecular weight excluding hydrogens is 292 g/mol. The molecule has 0 bridgehead atoms. The molecule has 2 heterocycles. The zero-order valence-corrected chi connectivity index (χ0v) is 13.0. The minimum Gasteiger partial charge on any atom is -0.352 e. The number of carbonyl (C=O) groups excluding carboxylic acids is 1. The van der Waals surface area contributed by atoms with E-state index in [2.05, 4.69) is 28.1 Å². The van der Waals surface area contributed by atoms with E-state index >= 15 is 0 Å². The van der Waals surface area contributed by atoms with Crippen LogP contribution in [0.5, 0.6) is 0 Å². The Bertz CT molecular complexity index is 594. The number of rotatable bonds is 4. The van der Waals surface area contributed by atoms with Crippen molar-refractivity contribution < 1.29 is 4.79 Å². The highest BCUT2D eigenvalue weighted by Gasteiger charge is 2.28. The fourth-order valence-corrected chi connectivity index (χ4v) is 3.35. The molecule has 3 nitrogen and oxygen atoms in total. The summed E-state index contributed by atoms with van der Waals surface area (Å²) < 4.78 is 1.28. The number of carbonyl (C=O) groups is 1. The van der Waals surface area contributed by atoms with Crippen molar-refractivity contribution in [3.05, 3.63) is 35.2 Å². The van der Waals surface area contributed by atoms with Gasteiger partial charge in [0.2, 0.25) is 5.91 Å². The Labute approximate surface area is 129 Å². The van der Waals surface area contributed by atoms with Crippen molar-refractivity contribution in [2.24, 2.45) is 11.8 Å². The van der Waals surface area contributed by atoms with Gasteiger partial charge in [0.1, 0.15) is 0 Å². The molecule has 0 radical (unpaired) electrons. The van der Waals surface area contributed by atoms with Crippen LogP contribution in [0, 0.1) is 11.8 Å². The first-order valence-electron chi connectivity index (χ1n) is 6.69. The summed E-state index contributed by atoms with van der Waals surface area (Å²) in [4.78, 5) is 12.1. The molecule has 1 amide bonds. The van der Waals surface area contributed by atoms with E-state index in [4.69, 9.17) is 0 Å². The molecule has 108 valence electrons. The van der Waals surface area contributed by atoms with Gasteiger partial charge in [-0.15, -0.1) is 23.7 Å². The lowest BCUT2D eigenvalue weighted by molar-refractivity contribution is -0.126. The Morgan fingerprint density at radius 1 is 1.45 bits per heavy atom. The summed E-state index contributed by atoms with van der Waals surface area (Å²) in [6.07, 6.45) is 0. The molecule has 1 aromatic heterocycles. The largest absolute Gasteiger partial charge is 0.352 e. The summed E-state index contributed by atoms with van der Waals surface area (Å²) in [6, 6.07) is 8.33. The monoisotopic (exact) mass is 310 g/mol. The van der Waals surface area contributed by atoms with Crippen molar-refractivity contribution in [2.45, 2.75) is 13.5 Å². The number of hydrogen-bond acceptors (Lipinski definition) is 3. The summed E-state index contributed by atoms with van der Waals surface area (Å²) in [5.41, 5.74) is 1.22. The van der Waals surface area contributed by atoms with Crippen molar-refractivity contribution in [3.63, 3.8) is 0 Å². The molecular formula is C15H19ClN2OS. The van der Waals surface area contributed by atoms with Crippen molar-refractivity contribution >= 4 is 39.7 Å². The van der Waals surface area contributed by atoms with Gasteiger partial charge in [-0.2, -0.15) is 0 Å². The quantitative estimate of drug-likeness (QED) is 0.912. The summed E-state index contributed by atoms with van der Waals surface area (Å²) >= 11 is 1.73. The summed E-state index contributed by atoms with van der Waals surface area (Å²) in [7, 11) is 0. The Kier molecular flexibility index (Phi) is 5.02. The third-order valence-electron chi connectivity index (χ3n) is 3.95. The van der Waals surface area contributed by atoms with Gasteiger partial charge in [0.05, 0.1) is 0 Å². The first-order valence-corrected chi connectivity index (χ1v) is 7.57. The van der Waals surface area contributed by atoms with Crippen LogP contribution in [-0.4, -0.2) is 19.0 Å². The van der Waals surface area contributed by atoms with Crippen LogP contribution in [0.4, 0.5) is 0 Å². The number of halogens is 1. The molecule has 0 aliphatic carbocycles. The zero-order chi connectivity index (χ0) is 13.2. The molecule has 2 N–H and O–H groups in total. The molecule has 1 unspecified atom stereocenters. The van der Waals surface area contributed by atoms with E-state index in [-0.39, 0.29) is 24.2 Å². The Morgan fingerprint density at radius 3 is 2.90 bits per heavy atom. The van der Waals surface area contributed by atoms with E-state index in [9.17, 15) is 4.79 Å². The van der Waals surface area contributed by atoms with Gasteiger partial charge < -0.3 is 10.6 Å². The molecule has 1 aliphatic rings. The molecule has 0 spiro atoms. The molecule has 1 aliphatic heterocycles. The van der Waals surface area contributed by atoms with Crippen LogP contribution in [0.15, 0.2) is 29.6 Å². The maximum Gasteiger partial charge on any atom is 0.223 e. The molecule has 3 rings (SSSR count). The summed E-state index contributed by atoms with van der Waals surface area (Å²) in [5.74, 6) is 0.771. The van der Waals surface area contributed by atoms with Crippen molar-refractivity contribution in [1.82, 2.24) is 10.6 Å². The molecule has 5 heteroatoms. The van der Waals surface area contributed by atoms with Crippen molar-refractivity contribution in [1.29, 1.82) is 0 Å². The van der Waals surface area contributed by atoms with Crippen LogP contribution in [0.1, 0.15) is 12.5 Å². The van der Waals surface area contributed by atoms with Gasteiger partial charge in [0.15, 0.2) is 0 Å². The SMILES string of the molecule is CC(C(=O)NCc1csc2ccccc12)C1CNC1.Cl. The fourth-order valence-electron chi connectivity index (χ4n) is 2.39. The molecule has 1 atom stereocenters. The van der Waals surface area contributed by atoms with Crippen LogP contribution in [0.25, 0.3) is 10.1 Å². The maximum absolute atomic E-state index is 12.1. The molecule has 20 heavy (non-hydrogen) atoms. The standard InChI is InChI=1S/C15H18N2OS.ClH/c1-10(11-6-16-7-11)15(18)17-8-12-9-19-14-5-3-2-4-13(12)14;/h2-5,9-11,16H,6-8H2,1H3,(H,17,18);1H. The van der Waals surface area contributed by atoms with Crippen LogP contribution in [-0.2, 0) is 11.3 Å². The summed E-state index contributed by atoms with van der Waals surface area (Å²) in [5, 5.41) is 9.67. The second-order valence-electron chi connectivity index (χ2n) is 5.18. The molecule has 1 fully saturated rings. The number of thiophene rings is 1. The van der Waals surface area contributed by atoms with E-state index in [1.165, 1.54) is 15.6 Å². The van der Waals surface area contributed by atoms with E-state index in [1.807, 2.05) is 19.1 Å². The second kappa shape index (κ2) is 6.57. The van der Waals surface area contributed by atoms with Crippen LogP contribution >= 0.6 is 23.7 Å². The van der Waals surface area contributed by atoms with Crippen molar-refractivity contribution in [2.75, 3.05) is 13.1 Å². The van der Waals surface area contributed by atoms with Gasteiger partial charge in [0.25, 0.3) is 0 Å². The number of fused-ring (bicyclic) bond motifs is 1. The number of amides is 1. The first kappa shape index (κ1) is 15.3. The van der Waals surface area contributed by atoms with Gasteiger partial charge >= 0.3 is 0 Å². The molecule has 1 saturated heterocycles. The third kappa shape index (κ3) is 2.97. The average Bonchev–Trinajstić information content (AvgIpc) is 2.77. The van der Waals surface area contributed by atoms with Crippen LogP contribution in [0.2, 0.25) is 0 Å². The maximum atomic E-state index is 12.1. The lowest BCUT2D eigenvalue weighted by atomic mass is 9.88. The topological polar surface area (TPSA) is 41.1 Å². The minimum absolute atomic E-state index is 0. The molecule has 2 aromatic rings. The molecule has 1 aromatic carbocycles. The molecule has 0 saturated carbocycles. The van der Waals surface area contributed by atoms with E-state index in [1.54, 1.807) is 11.3 Å². The Morgan fingerprint density at radius 2 is 2.20 bits per heavy atom. The lowest BCUT2D eigenvalue weighted by Gasteiger charge is -2.31. The number of benzene rings is 1.